The number of methoxy groups -OCH3 is 1. The number of hydrogen-bond acceptors (Lipinski definition) is 8. The normalized spacial score (nSPS) is 16.7. The summed E-state index contributed by atoms with van der Waals surface area (Å²) in [5, 5.41) is 20.4. The van der Waals surface area contributed by atoms with Gasteiger partial charge in [0.1, 0.15) is 5.75 Å². The van der Waals surface area contributed by atoms with E-state index in [1.807, 2.05) is 31.2 Å². The Hall–Kier alpha value is -3.42. The highest BCUT2D eigenvalue weighted by atomic mass is 32.3. The van der Waals surface area contributed by atoms with Crippen LogP contribution in [0.25, 0.3) is 0 Å². The number of aliphatic hydroxyl groups is 1. The van der Waals surface area contributed by atoms with Gasteiger partial charge in [-0.05, 0) is 79.8 Å². The molecule has 0 saturated carbocycles. The molecule has 6 N–H and O–H groups in total. The van der Waals surface area contributed by atoms with Crippen molar-refractivity contribution in [3.8, 4) is 5.75 Å². The van der Waals surface area contributed by atoms with Crippen molar-refractivity contribution in [3.63, 3.8) is 0 Å². The highest BCUT2D eigenvalue weighted by Gasteiger charge is 2.29. The van der Waals surface area contributed by atoms with Gasteiger partial charge < -0.3 is 25.8 Å². The van der Waals surface area contributed by atoms with E-state index in [0.29, 0.717) is 48.7 Å². The molecule has 0 radical (unpaired) electrons. The number of aliphatic hydroxyl groups excluding tert-OH is 1. The molecule has 1 heterocycles. The lowest BCUT2D eigenvalue weighted by Gasteiger charge is -2.47. The van der Waals surface area contributed by atoms with Gasteiger partial charge in [0.25, 0.3) is 5.91 Å². The summed E-state index contributed by atoms with van der Waals surface area (Å²) in [5.74, 6) is -1.55. The maximum atomic E-state index is 14.0. The Morgan fingerprint density at radius 3 is 2.58 bits per heavy atom. The van der Waals surface area contributed by atoms with E-state index < -0.39 is 40.5 Å². The molecule has 12 heteroatoms. The first-order valence-corrected chi connectivity index (χ1v) is 16.0. The van der Waals surface area contributed by atoms with E-state index in [2.05, 4.69) is 16.0 Å². The zero-order valence-electron chi connectivity index (χ0n) is 24.4. The van der Waals surface area contributed by atoms with Gasteiger partial charge in [0.05, 0.1) is 30.7 Å². The number of halogens is 2. The number of nitrogens with one attached hydrogen (secondary N) is 3. The Kier molecular flexibility index (Phi) is 11.2. The number of nitrogens with zero attached hydrogens (tertiary/aromatic N) is 1. The lowest BCUT2D eigenvalue weighted by Crippen LogP contribution is -2.48. The molecule has 234 valence electrons. The second kappa shape index (κ2) is 14.8. The molecule has 0 aromatic heterocycles. The first-order valence-electron chi connectivity index (χ1n) is 14.3. The zero-order valence-corrected chi connectivity index (χ0v) is 25.2. The first-order chi connectivity index (χ1) is 20.6. The van der Waals surface area contributed by atoms with E-state index in [0.717, 1.165) is 24.1 Å². The Balaban J connectivity index is 1.55. The van der Waals surface area contributed by atoms with Gasteiger partial charge in [-0.2, -0.15) is 0 Å². The van der Waals surface area contributed by atoms with Gasteiger partial charge in [-0.3, -0.25) is 18.2 Å². The van der Waals surface area contributed by atoms with Crippen molar-refractivity contribution in [1.82, 2.24) is 10.6 Å². The fraction of sp³-hybridized carbons (Fsp3) is 0.387. The quantitative estimate of drug-likeness (QED) is 0.155. The van der Waals surface area contributed by atoms with E-state index in [-0.39, 0.29) is 24.3 Å². The second-order valence-electron chi connectivity index (χ2n) is 10.5. The van der Waals surface area contributed by atoms with Crippen molar-refractivity contribution in [2.75, 3.05) is 42.1 Å². The molecular weight excluding hydrogens is 578 g/mol. The van der Waals surface area contributed by atoms with Gasteiger partial charge in [-0.25, -0.2) is 8.78 Å². The van der Waals surface area contributed by atoms with Gasteiger partial charge in [0.2, 0.25) is 0 Å². The standard InChI is InChI=1S/C31H40F2N4O5S/c1-3-35-24-16-23(17-25(18-24)37-11-4-5-12-43(37,40)41)31(39)36-29(15-21-9-10-27(32)28(33)14-21)30(38)20-34-19-22-7-6-8-26(13-22)42-2/h6-10,13-14,16-18,29-30,34-35,38,40-41H,3-5,11-12,15,19-20H2,1-2H3,(H,36,39)/t29-,30-/m0/s1. The molecule has 0 aliphatic carbocycles. The van der Waals surface area contributed by atoms with Crippen LogP contribution >= 0.6 is 10.8 Å². The Morgan fingerprint density at radius 1 is 1.05 bits per heavy atom. The molecule has 3 aromatic carbocycles. The topological polar surface area (TPSA) is 126 Å². The average Bonchev–Trinajstić information content (AvgIpc) is 2.98. The largest absolute Gasteiger partial charge is 0.497 e. The van der Waals surface area contributed by atoms with Crippen LogP contribution in [0.5, 0.6) is 5.75 Å². The predicted molar refractivity (Wildman–Crippen MR) is 167 cm³/mol. The van der Waals surface area contributed by atoms with Gasteiger partial charge in [0, 0.05) is 37.4 Å². The molecule has 4 rings (SSSR count). The molecule has 1 aliphatic rings. The molecule has 2 atom stereocenters. The molecule has 1 fully saturated rings. The number of amides is 1. The summed E-state index contributed by atoms with van der Waals surface area (Å²) in [6.07, 6.45) is 0.438. The van der Waals surface area contributed by atoms with Crippen molar-refractivity contribution in [1.29, 1.82) is 0 Å². The molecule has 0 bridgehead atoms. The summed E-state index contributed by atoms with van der Waals surface area (Å²) in [6, 6.07) is 15.1. The number of carbonyl (C=O) groups excluding carboxylic acids is 1. The summed E-state index contributed by atoms with van der Waals surface area (Å²) in [4.78, 5) is 13.6. The van der Waals surface area contributed by atoms with Crippen LogP contribution < -0.4 is 25.0 Å². The third-order valence-electron chi connectivity index (χ3n) is 7.27. The van der Waals surface area contributed by atoms with Crippen LogP contribution in [0.3, 0.4) is 0 Å². The predicted octanol–water partition coefficient (Wildman–Crippen LogP) is 5.16. The minimum Gasteiger partial charge on any atom is -0.497 e. The maximum Gasteiger partial charge on any atom is 0.251 e. The van der Waals surface area contributed by atoms with Crippen LogP contribution in [0.2, 0.25) is 0 Å². The van der Waals surface area contributed by atoms with E-state index in [1.165, 1.54) is 6.07 Å². The van der Waals surface area contributed by atoms with E-state index in [4.69, 9.17) is 4.74 Å². The first kappa shape index (κ1) is 32.5. The van der Waals surface area contributed by atoms with Crippen molar-refractivity contribution in [3.05, 3.63) is 89.0 Å². The van der Waals surface area contributed by atoms with Crippen LogP contribution in [0.4, 0.5) is 20.2 Å². The third kappa shape index (κ3) is 8.80. The van der Waals surface area contributed by atoms with E-state index in [1.54, 1.807) is 29.6 Å². The Morgan fingerprint density at radius 2 is 1.86 bits per heavy atom. The molecule has 0 unspecified atom stereocenters. The summed E-state index contributed by atoms with van der Waals surface area (Å²) in [6.45, 7) is 3.46. The highest BCUT2D eigenvalue weighted by Crippen LogP contribution is 2.50. The van der Waals surface area contributed by atoms with Crippen molar-refractivity contribution in [2.45, 2.75) is 44.9 Å². The van der Waals surface area contributed by atoms with Crippen LogP contribution in [0.1, 0.15) is 41.3 Å². The number of ether oxygens (including phenoxy) is 1. The monoisotopic (exact) mass is 618 g/mol. The minimum absolute atomic E-state index is 0.0391. The SMILES string of the molecule is CCNc1cc(C(=O)N[C@@H](Cc2ccc(F)c(F)c2)[C@@H](O)CNCc2cccc(OC)c2)cc(N2CCCCS2(O)O)c1. The Bertz CT molecular complexity index is 1400. The summed E-state index contributed by atoms with van der Waals surface area (Å²) in [7, 11) is -1.44. The summed E-state index contributed by atoms with van der Waals surface area (Å²) < 4.78 is 55.8. The number of rotatable bonds is 13. The molecule has 3 aromatic rings. The molecule has 1 saturated heterocycles. The van der Waals surface area contributed by atoms with Crippen LogP contribution in [0.15, 0.2) is 60.7 Å². The second-order valence-corrected chi connectivity index (χ2v) is 12.6. The lowest BCUT2D eigenvalue weighted by molar-refractivity contribution is 0.0830. The maximum absolute atomic E-state index is 14.0. The van der Waals surface area contributed by atoms with Crippen LogP contribution in [-0.4, -0.2) is 64.8 Å². The van der Waals surface area contributed by atoms with Crippen molar-refractivity contribution < 1.29 is 32.5 Å². The Labute approximate surface area is 252 Å². The summed E-state index contributed by atoms with van der Waals surface area (Å²) >= 11 is 0. The molecule has 1 amide bonds. The van der Waals surface area contributed by atoms with E-state index >= 15 is 0 Å². The van der Waals surface area contributed by atoms with Gasteiger partial charge in [0.15, 0.2) is 11.6 Å². The zero-order chi connectivity index (χ0) is 31.0. The van der Waals surface area contributed by atoms with Gasteiger partial charge in [-0.15, -0.1) is 10.8 Å². The molecule has 9 nitrogen and oxygen atoms in total. The number of carbonyl (C=O) groups is 1. The molecule has 0 spiro atoms. The minimum atomic E-state index is -3.02. The third-order valence-corrected chi connectivity index (χ3v) is 9.20. The van der Waals surface area contributed by atoms with E-state index in [9.17, 15) is 27.8 Å². The van der Waals surface area contributed by atoms with Gasteiger partial charge >= 0.3 is 0 Å². The fourth-order valence-electron chi connectivity index (χ4n) is 5.04. The fourth-order valence-corrected chi connectivity index (χ4v) is 6.72. The highest BCUT2D eigenvalue weighted by molar-refractivity contribution is 8.25. The van der Waals surface area contributed by atoms with Crippen LogP contribution in [0, 0.1) is 11.6 Å². The van der Waals surface area contributed by atoms with Crippen molar-refractivity contribution in [2.24, 2.45) is 0 Å². The van der Waals surface area contributed by atoms with Gasteiger partial charge in [-0.1, -0.05) is 18.2 Å². The average molecular weight is 619 g/mol. The number of hydrogen-bond donors (Lipinski definition) is 6. The summed E-state index contributed by atoms with van der Waals surface area (Å²) in [5.41, 5.74) is 2.72. The molecule has 43 heavy (non-hydrogen) atoms. The van der Waals surface area contributed by atoms with Crippen LogP contribution in [-0.2, 0) is 13.0 Å². The molecule has 1 aliphatic heterocycles. The number of anilines is 2. The smallest absolute Gasteiger partial charge is 0.251 e. The molecular formula is C31H40F2N4O5S. The number of benzene rings is 3. The lowest BCUT2D eigenvalue weighted by atomic mass is 10.00. The van der Waals surface area contributed by atoms with Crippen molar-refractivity contribution >= 4 is 28.1 Å².